The first-order valence-electron chi connectivity index (χ1n) is 5.47. The Balaban J connectivity index is 2.91. The third-order valence-corrected chi connectivity index (χ3v) is 2.10. The molecule has 0 aliphatic carbocycles. The number of allylic oxidation sites excluding steroid dienone is 2. The van der Waals surface area contributed by atoms with Crippen LogP contribution in [0.15, 0.2) is 42.9 Å². The first kappa shape index (κ1) is 12.2. The van der Waals surface area contributed by atoms with Gasteiger partial charge in [0.15, 0.2) is 0 Å². The molecule has 1 aromatic rings. The zero-order valence-corrected chi connectivity index (χ0v) is 9.90. The number of hydrogen-bond acceptors (Lipinski definition) is 2. The van der Waals surface area contributed by atoms with Crippen molar-refractivity contribution in [2.24, 2.45) is 0 Å². The van der Waals surface area contributed by atoms with Crippen LogP contribution in [0.5, 0.6) is 0 Å². The molecule has 1 heterocycles. The highest BCUT2D eigenvalue weighted by molar-refractivity contribution is 5.44. The summed E-state index contributed by atoms with van der Waals surface area (Å²) in [6.07, 6.45) is 10.7. The largest absolute Gasteiger partial charge is 0.362 e. The van der Waals surface area contributed by atoms with Crippen molar-refractivity contribution in [2.75, 3.05) is 0 Å². The molecule has 16 heavy (non-hydrogen) atoms. The van der Waals surface area contributed by atoms with E-state index in [9.17, 15) is 0 Å². The van der Waals surface area contributed by atoms with Crippen LogP contribution in [0.1, 0.15) is 20.3 Å². The molecule has 0 bridgehead atoms. The molecule has 0 atom stereocenters. The van der Waals surface area contributed by atoms with Gasteiger partial charge in [0.25, 0.3) is 0 Å². The van der Waals surface area contributed by atoms with E-state index in [0.29, 0.717) is 0 Å². The van der Waals surface area contributed by atoms with Crippen molar-refractivity contribution in [1.82, 2.24) is 10.3 Å². The summed E-state index contributed by atoms with van der Waals surface area (Å²) >= 11 is 0. The van der Waals surface area contributed by atoms with Gasteiger partial charge in [-0.1, -0.05) is 31.7 Å². The Kier molecular flexibility index (Phi) is 5.06. The average molecular weight is 214 g/mol. The summed E-state index contributed by atoms with van der Waals surface area (Å²) in [7, 11) is 0. The molecule has 0 amide bonds. The van der Waals surface area contributed by atoms with E-state index in [1.807, 2.05) is 37.4 Å². The van der Waals surface area contributed by atoms with Crippen LogP contribution in [0.2, 0.25) is 0 Å². The van der Waals surface area contributed by atoms with Crippen molar-refractivity contribution >= 4 is 12.2 Å². The predicted octanol–water partition coefficient (Wildman–Crippen LogP) is 1.69. The molecule has 0 saturated carbocycles. The molecular weight excluding hydrogens is 196 g/mol. The molecule has 0 aromatic carbocycles. The Morgan fingerprint density at radius 2 is 2.38 bits per heavy atom. The van der Waals surface area contributed by atoms with E-state index < -0.39 is 0 Å². The zero-order chi connectivity index (χ0) is 11.8. The van der Waals surface area contributed by atoms with Crippen molar-refractivity contribution < 1.29 is 0 Å². The fourth-order valence-electron chi connectivity index (χ4n) is 1.31. The van der Waals surface area contributed by atoms with E-state index in [0.717, 1.165) is 22.7 Å². The van der Waals surface area contributed by atoms with Gasteiger partial charge in [-0.25, -0.2) is 0 Å². The van der Waals surface area contributed by atoms with Crippen LogP contribution in [-0.4, -0.2) is 4.98 Å². The molecule has 0 fully saturated rings. The summed E-state index contributed by atoms with van der Waals surface area (Å²) < 4.78 is 0. The molecule has 0 aliphatic heterocycles. The molecule has 2 heteroatoms. The van der Waals surface area contributed by atoms with Gasteiger partial charge in [-0.05, 0) is 31.7 Å². The smallest absolute Gasteiger partial charge is 0.0660 e. The quantitative estimate of drug-likeness (QED) is 0.825. The van der Waals surface area contributed by atoms with Gasteiger partial charge in [-0.15, -0.1) is 0 Å². The van der Waals surface area contributed by atoms with E-state index in [2.05, 4.69) is 29.9 Å². The van der Waals surface area contributed by atoms with Gasteiger partial charge >= 0.3 is 0 Å². The maximum Gasteiger partial charge on any atom is 0.0660 e. The van der Waals surface area contributed by atoms with E-state index in [4.69, 9.17) is 0 Å². The number of hydrogen-bond donors (Lipinski definition) is 1. The molecule has 0 aliphatic rings. The van der Waals surface area contributed by atoms with Gasteiger partial charge < -0.3 is 5.32 Å². The Labute approximate surface area is 96.7 Å². The highest BCUT2D eigenvalue weighted by atomic mass is 14.8. The van der Waals surface area contributed by atoms with Gasteiger partial charge in [0.1, 0.15) is 0 Å². The first-order valence-corrected chi connectivity index (χ1v) is 5.47. The molecular formula is C14H18N2. The van der Waals surface area contributed by atoms with E-state index in [-0.39, 0.29) is 0 Å². The third kappa shape index (κ3) is 3.73. The highest BCUT2D eigenvalue weighted by Gasteiger charge is 1.86. The van der Waals surface area contributed by atoms with Crippen LogP contribution in [0.4, 0.5) is 0 Å². The number of aromatic nitrogens is 1. The Hall–Kier alpha value is -1.83. The minimum absolute atomic E-state index is 0.862. The van der Waals surface area contributed by atoms with Gasteiger partial charge in [0.05, 0.1) is 5.35 Å². The number of nitrogens with one attached hydrogen (secondary N) is 1. The lowest BCUT2D eigenvalue weighted by molar-refractivity contribution is 1.10. The summed E-state index contributed by atoms with van der Waals surface area (Å²) in [5.41, 5.74) is 0.862. The van der Waals surface area contributed by atoms with Gasteiger partial charge in [-0.3, -0.25) is 4.98 Å². The monoisotopic (exact) mass is 214 g/mol. The lowest BCUT2D eigenvalue weighted by Gasteiger charge is -1.98. The Morgan fingerprint density at radius 1 is 1.56 bits per heavy atom. The Bertz CT molecular complexity index is 484. The minimum Gasteiger partial charge on any atom is -0.362 e. The SMILES string of the molecule is C=C(/C=c1/cccn/c1=C/C)N/C=C\CC. The first-order chi connectivity index (χ1) is 7.77. The van der Waals surface area contributed by atoms with E-state index >= 15 is 0 Å². The van der Waals surface area contributed by atoms with Crippen LogP contribution in [0.25, 0.3) is 12.2 Å². The second kappa shape index (κ2) is 6.62. The molecule has 0 saturated heterocycles. The molecule has 1 rings (SSSR count). The molecule has 1 N–H and O–H groups in total. The normalized spacial score (nSPS) is 13.4. The maximum absolute atomic E-state index is 4.27. The van der Waals surface area contributed by atoms with E-state index in [1.165, 1.54) is 0 Å². The summed E-state index contributed by atoms with van der Waals surface area (Å²) in [4.78, 5) is 4.27. The fraction of sp³-hybridized carbons (Fsp3) is 0.214. The lowest BCUT2D eigenvalue weighted by atomic mass is 10.3. The topological polar surface area (TPSA) is 24.9 Å². The molecule has 0 unspecified atom stereocenters. The standard InChI is InChI=1S/C14H18N2/c1-4-6-9-15-12(3)11-13-8-7-10-16-14(13)5-2/h5-11,15H,3-4H2,1-2H3/b9-6-,13-11-,14-5+. The molecule has 84 valence electrons. The molecule has 1 aromatic heterocycles. The van der Waals surface area contributed by atoms with Crippen LogP contribution in [0, 0.1) is 0 Å². The molecule has 0 spiro atoms. The van der Waals surface area contributed by atoms with Crippen LogP contribution < -0.4 is 15.9 Å². The molecule has 0 radical (unpaired) electrons. The van der Waals surface area contributed by atoms with Gasteiger partial charge in [0, 0.05) is 17.1 Å². The number of nitrogens with zero attached hydrogens (tertiary/aromatic N) is 1. The fourth-order valence-corrected chi connectivity index (χ4v) is 1.31. The van der Waals surface area contributed by atoms with Gasteiger partial charge in [0.2, 0.25) is 0 Å². The maximum atomic E-state index is 4.27. The number of pyridine rings is 1. The van der Waals surface area contributed by atoms with Crippen molar-refractivity contribution in [2.45, 2.75) is 20.3 Å². The summed E-state index contributed by atoms with van der Waals surface area (Å²) in [6.45, 7) is 8.01. The van der Waals surface area contributed by atoms with Crippen molar-refractivity contribution in [3.63, 3.8) is 0 Å². The Morgan fingerprint density at radius 3 is 3.06 bits per heavy atom. The van der Waals surface area contributed by atoms with Crippen molar-refractivity contribution in [3.8, 4) is 0 Å². The van der Waals surface area contributed by atoms with Crippen LogP contribution in [-0.2, 0) is 0 Å². The van der Waals surface area contributed by atoms with Crippen LogP contribution in [0.3, 0.4) is 0 Å². The summed E-state index contributed by atoms with van der Waals surface area (Å²) in [6, 6.07) is 3.95. The second-order valence-corrected chi connectivity index (χ2v) is 3.39. The van der Waals surface area contributed by atoms with Gasteiger partial charge in [-0.2, -0.15) is 0 Å². The highest BCUT2D eigenvalue weighted by Crippen LogP contribution is 1.86. The van der Waals surface area contributed by atoms with Crippen molar-refractivity contribution in [1.29, 1.82) is 0 Å². The second-order valence-electron chi connectivity index (χ2n) is 3.39. The average Bonchev–Trinajstić information content (AvgIpc) is 2.30. The minimum atomic E-state index is 0.862. The third-order valence-electron chi connectivity index (χ3n) is 2.10. The summed E-state index contributed by atoms with van der Waals surface area (Å²) in [5, 5.41) is 5.16. The van der Waals surface area contributed by atoms with Crippen molar-refractivity contribution in [3.05, 3.63) is 53.4 Å². The number of rotatable bonds is 4. The molecule has 2 nitrogen and oxygen atoms in total. The summed E-state index contributed by atoms with van der Waals surface area (Å²) in [5.74, 6) is 0. The lowest BCUT2D eigenvalue weighted by Crippen LogP contribution is -2.27. The zero-order valence-electron chi connectivity index (χ0n) is 9.90. The van der Waals surface area contributed by atoms with E-state index in [1.54, 1.807) is 6.20 Å². The predicted molar refractivity (Wildman–Crippen MR) is 69.8 cm³/mol. The van der Waals surface area contributed by atoms with Crippen LogP contribution >= 0.6 is 0 Å².